The number of benzene rings is 1. The second-order valence-corrected chi connectivity index (χ2v) is 3.81. The maximum Gasteiger partial charge on any atom is 0.228 e. The summed E-state index contributed by atoms with van der Waals surface area (Å²) in [6.07, 6.45) is 0.0710. The Labute approximate surface area is 91.7 Å². The number of amides is 1. The highest BCUT2D eigenvalue weighted by molar-refractivity contribution is 5.97. The minimum Gasteiger partial charge on any atom is -0.550 e. The molecular weight excluding hydrogens is 210 g/mol. The van der Waals surface area contributed by atoms with E-state index in [2.05, 4.69) is 5.32 Å². The van der Waals surface area contributed by atoms with Crippen molar-refractivity contribution >= 4 is 17.6 Å². The molecule has 0 aliphatic carbocycles. The fourth-order valence-corrected chi connectivity index (χ4v) is 1.82. The largest absolute Gasteiger partial charge is 0.550 e. The monoisotopic (exact) mass is 220 g/mol. The van der Waals surface area contributed by atoms with E-state index in [4.69, 9.17) is 0 Å². The summed E-state index contributed by atoms with van der Waals surface area (Å²) in [4.78, 5) is 22.0. The van der Waals surface area contributed by atoms with Crippen LogP contribution in [0.15, 0.2) is 18.2 Å². The number of carbonyl (C=O) groups excluding carboxylic acids is 2. The average molecular weight is 220 g/mol. The van der Waals surface area contributed by atoms with Crippen LogP contribution in [0.3, 0.4) is 0 Å². The van der Waals surface area contributed by atoms with Gasteiger partial charge >= 0.3 is 0 Å². The molecule has 0 aromatic heterocycles. The summed E-state index contributed by atoms with van der Waals surface area (Å²) >= 11 is 0. The second kappa shape index (κ2) is 3.84. The van der Waals surface area contributed by atoms with Crippen LogP contribution in [0.1, 0.15) is 12.0 Å². The Hall–Kier alpha value is -2.04. The van der Waals surface area contributed by atoms with Gasteiger partial charge in [-0.3, -0.25) is 4.79 Å². The van der Waals surface area contributed by atoms with Crippen LogP contribution < -0.4 is 10.4 Å². The van der Waals surface area contributed by atoms with Crippen LogP contribution in [0, 0.1) is 5.92 Å². The van der Waals surface area contributed by atoms with Gasteiger partial charge in [-0.15, -0.1) is 0 Å². The van der Waals surface area contributed by atoms with Gasteiger partial charge in [0.1, 0.15) is 5.75 Å². The van der Waals surface area contributed by atoms with Gasteiger partial charge in [-0.05, 0) is 24.5 Å². The van der Waals surface area contributed by atoms with Gasteiger partial charge in [0.2, 0.25) is 5.91 Å². The molecule has 2 rings (SSSR count). The molecule has 0 bridgehead atoms. The van der Waals surface area contributed by atoms with Crippen LogP contribution in [-0.4, -0.2) is 17.0 Å². The standard InChI is InChI=1S/C11H11NO4/c13-8-2-1-6-3-7(4-10(14)15)11(16)12-9(6)5-8/h1-2,5,7,13H,3-4H2,(H,12,16)(H,14,15)/p-1. The lowest BCUT2D eigenvalue weighted by molar-refractivity contribution is -0.306. The number of fused-ring (bicyclic) bond motifs is 1. The zero-order valence-electron chi connectivity index (χ0n) is 8.40. The van der Waals surface area contributed by atoms with Crippen molar-refractivity contribution in [1.29, 1.82) is 0 Å². The molecule has 0 radical (unpaired) electrons. The third kappa shape index (κ3) is 1.98. The van der Waals surface area contributed by atoms with Crippen LogP contribution in [-0.2, 0) is 16.0 Å². The minimum atomic E-state index is -1.23. The summed E-state index contributed by atoms with van der Waals surface area (Å²) in [7, 11) is 0. The van der Waals surface area contributed by atoms with E-state index >= 15 is 0 Å². The van der Waals surface area contributed by atoms with Crippen LogP contribution >= 0.6 is 0 Å². The van der Waals surface area contributed by atoms with Gasteiger partial charge in [0.15, 0.2) is 0 Å². The first kappa shape index (κ1) is 10.5. The summed E-state index contributed by atoms with van der Waals surface area (Å²) in [5.41, 5.74) is 1.36. The van der Waals surface area contributed by atoms with Crippen molar-refractivity contribution in [2.24, 2.45) is 5.92 Å². The molecule has 1 amide bonds. The highest BCUT2D eigenvalue weighted by Crippen LogP contribution is 2.29. The average Bonchev–Trinajstić information content (AvgIpc) is 2.19. The van der Waals surface area contributed by atoms with Crippen LogP contribution in [0.5, 0.6) is 5.75 Å². The first-order valence-electron chi connectivity index (χ1n) is 4.89. The van der Waals surface area contributed by atoms with Crippen molar-refractivity contribution in [2.45, 2.75) is 12.8 Å². The molecule has 1 heterocycles. The molecule has 1 aromatic rings. The number of nitrogens with one attached hydrogen (secondary N) is 1. The summed E-state index contributed by atoms with van der Waals surface area (Å²) in [6.45, 7) is 0. The van der Waals surface area contributed by atoms with E-state index in [0.717, 1.165) is 5.56 Å². The topological polar surface area (TPSA) is 89.5 Å². The number of aromatic hydroxyl groups is 1. The molecule has 16 heavy (non-hydrogen) atoms. The fraction of sp³-hybridized carbons (Fsp3) is 0.273. The first-order valence-corrected chi connectivity index (χ1v) is 4.89. The van der Waals surface area contributed by atoms with E-state index in [1.165, 1.54) is 12.1 Å². The number of anilines is 1. The molecular formula is C11H10NO4-. The number of phenols is 1. The lowest BCUT2D eigenvalue weighted by atomic mass is 9.91. The van der Waals surface area contributed by atoms with E-state index in [-0.39, 0.29) is 18.1 Å². The summed E-state index contributed by atoms with van der Waals surface area (Å²) in [5, 5.41) is 22.2. The van der Waals surface area contributed by atoms with Gasteiger partial charge in [0, 0.05) is 23.6 Å². The number of hydrogen-bond donors (Lipinski definition) is 2. The smallest absolute Gasteiger partial charge is 0.228 e. The second-order valence-electron chi connectivity index (χ2n) is 3.81. The van der Waals surface area contributed by atoms with E-state index in [9.17, 15) is 19.8 Å². The summed E-state index contributed by atoms with van der Waals surface area (Å²) < 4.78 is 0. The van der Waals surface area contributed by atoms with Crippen LogP contribution in [0.4, 0.5) is 5.69 Å². The van der Waals surface area contributed by atoms with E-state index in [1.807, 2.05) is 0 Å². The molecule has 0 spiro atoms. The van der Waals surface area contributed by atoms with E-state index in [0.29, 0.717) is 12.1 Å². The Kier molecular flexibility index (Phi) is 2.52. The molecule has 84 valence electrons. The van der Waals surface area contributed by atoms with Crippen molar-refractivity contribution in [1.82, 2.24) is 0 Å². The predicted octanol–water partition coefficient (Wildman–Crippen LogP) is -0.357. The SMILES string of the molecule is O=C([O-])CC1Cc2ccc(O)cc2NC1=O. The Morgan fingerprint density at radius 3 is 3.00 bits per heavy atom. The normalized spacial score (nSPS) is 18.8. The number of carbonyl (C=O) groups is 2. The number of hydrogen-bond acceptors (Lipinski definition) is 4. The van der Waals surface area contributed by atoms with Gasteiger partial charge < -0.3 is 20.3 Å². The zero-order chi connectivity index (χ0) is 11.7. The first-order chi connectivity index (χ1) is 7.56. The van der Waals surface area contributed by atoms with Crippen molar-refractivity contribution in [2.75, 3.05) is 5.32 Å². The molecule has 0 fully saturated rings. The van der Waals surface area contributed by atoms with Crippen molar-refractivity contribution in [3.8, 4) is 5.75 Å². The number of carboxylic acid groups (broad SMARTS) is 1. The highest BCUT2D eigenvalue weighted by atomic mass is 16.4. The third-order valence-corrected chi connectivity index (χ3v) is 2.60. The minimum absolute atomic E-state index is 0.0670. The number of phenolic OH excluding ortho intramolecular Hbond substituents is 1. The number of carboxylic acids is 1. The molecule has 2 N–H and O–H groups in total. The molecule has 1 aromatic carbocycles. The van der Waals surface area contributed by atoms with E-state index in [1.54, 1.807) is 6.07 Å². The molecule has 5 nitrogen and oxygen atoms in total. The molecule has 0 saturated heterocycles. The zero-order valence-corrected chi connectivity index (χ0v) is 8.40. The van der Waals surface area contributed by atoms with Crippen molar-refractivity contribution in [3.05, 3.63) is 23.8 Å². The van der Waals surface area contributed by atoms with E-state index < -0.39 is 11.9 Å². The van der Waals surface area contributed by atoms with Gasteiger partial charge in [-0.1, -0.05) is 6.07 Å². The number of aliphatic carboxylic acids is 1. The quantitative estimate of drug-likeness (QED) is 0.712. The maximum absolute atomic E-state index is 11.5. The van der Waals surface area contributed by atoms with Gasteiger partial charge in [-0.25, -0.2) is 0 Å². The van der Waals surface area contributed by atoms with Gasteiger partial charge in [0.05, 0.1) is 0 Å². The van der Waals surface area contributed by atoms with Gasteiger partial charge in [0.25, 0.3) is 0 Å². The fourth-order valence-electron chi connectivity index (χ4n) is 1.82. The Morgan fingerprint density at radius 1 is 1.56 bits per heavy atom. The third-order valence-electron chi connectivity index (χ3n) is 2.60. The van der Waals surface area contributed by atoms with Gasteiger partial charge in [-0.2, -0.15) is 0 Å². The Balaban J connectivity index is 2.25. The lowest BCUT2D eigenvalue weighted by Gasteiger charge is -2.24. The predicted molar refractivity (Wildman–Crippen MR) is 53.6 cm³/mol. The lowest BCUT2D eigenvalue weighted by Crippen LogP contribution is -2.35. The maximum atomic E-state index is 11.5. The summed E-state index contributed by atoms with van der Waals surface area (Å²) in [5.74, 6) is -2.11. The molecule has 1 atom stereocenters. The van der Waals surface area contributed by atoms with Crippen LogP contribution in [0.2, 0.25) is 0 Å². The Morgan fingerprint density at radius 2 is 2.31 bits per heavy atom. The molecule has 1 unspecified atom stereocenters. The highest BCUT2D eigenvalue weighted by Gasteiger charge is 2.26. The summed E-state index contributed by atoms with van der Waals surface area (Å²) in [6, 6.07) is 4.63. The Bertz CT molecular complexity index is 455. The molecule has 0 saturated carbocycles. The molecule has 1 aliphatic heterocycles. The van der Waals surface area contributed by atoms with Crippen molar-refractivity contribution in [3.63, 3.8) is 0 Å². The number of rotatable bonds is 2. The van der Waals surface area contributed by atoms with Crippen molar-refractivity contribution < 1.29 is 19.8 Å². The van der Waals surface area contributed by atoms with Crippen LogP contribution in [0.25, 0.3) is 0 Å². The molecule has 5 heteroatoms. The molecule has 1 aliphatic rings.